The van der Waals surface area contributed by atoms with Gasteiger partial charge in [-0.25, -0.2) is 14.1 Å². The minimum absolute atomic E-state index is 0.0245. The number of nitrogens with one attached hydrogen (secondary N) is 2. The number of esters is 1. The predicted molar refractivity (Wildman–Crippen MR) is 121 cm³/mol. The highest BCUT2D eigenvalue weighted by molar-refractivity contribution is 6.34. The number of hydrazine groups is 1. The van der Waals surface area contributed by atoms with Crippen LogP contribution in [0.2, 0.25) is 0 Å². The molecule has 0 bridgehead atoms. The standard InChI is InChI=1S/C25H18FN3O6/c1-14-2-4-15(5-3-14)22(31)28-27-21(30)13-35-25(34)16-6-11-19-20(12-16)24(33)29(23(19)32)18-9-7-17(26)8-10-18/h2-12H,13H2,1H3,(H,27,30)(H,28,31). The number of hydrogen-bond donors (Lipinski definition) is 2. The van der Waals surface area contributed by atoms with Gasteiger partial charge in [-0.15, -0.1) is 0 Å². The summed E-state index contributed by atoms with van der Waals surface area (Å²) < 4.78 is 18.1. The molecule has 1 heterocycles. The van der Waals surface area contributed by atoms with E-state index in [9.17, 15) is 28.4 Å². The van der Waals surface area contributed by atoms with Crippen molar-refractivity contribution in [3.05, 3.63) is 100 Å². The van der Waals surface area contributed by atoms with E-state index in [1.54, 1.807) is 24.3 Å². The molecule has 10 heteroatoms. The molecule has 4 rings (SSSR count). The summed E-state index contributed by atoms with van der Waals surface area (Å²) in [6.07, 6.45) is 0. The third-order valence-corrected chi connectivity index (χ3v) is 5.17. The molecule has 176 valence electrons. The minimum Gasteiger partial charge on any atom is -0.452 e. The Labute approximate surface area is 198 Å². The molecule has 0 saturated carbocycles. The van der Waals surface area contributed by atoms with Crippen molar-refractivity contribution in [3.8, 4) is 0 Å². The minimum atomic E-state index is -0.909. The first-order chi connectivity index (χ1) is 16.7. The number of ether oxygens (including phenoxy) is 1. The molecular weight excluding hydrogens is 457 g/mol. The summed E-state index contributed by atoms with van der Waals surface area (Å²) in [6, 6.07) is 15.3. The Hall–Kier alpha value is -4.86. The molecule has 9 nitrogen and oxygen atoms in total. The van der Waals surface area contributed by atoms with Crippen LogP contribution in [0.4, 0.5) is 10.1 Å². The van der Waals surface area contributed by atoms with Gasteiger partial charge in [-0.05, 0) is 61.5 Å². The topological polar surface area (TPSA) is 122 Å². The number of amides is 4. The van der Waals surface area contributed by atoms with Gasteiger partial charge >= 0.3 is 5.97 Å². The van der Waals surface area contributed by atoms with Gasteiger partial charge in [0.15, 0.2) is 6.61 Å². The molecule has 0 spiro atoms. The highest BCUT2D eigenvalue weighted by atomic mass is 19.1. The summed E-state index contributed by atoms with van der Waals surface area (Å²) in [7, 11) is 0. The number of carbonyl (C=O) groups excluding carboxylic acids is 5. The number of aryl methyl sites for hydroxylation is 1. The molecule has 1 aliphatic rings. The SMILES string of the molecule is Cc1ccc(C(=O)NNC(=O)COC(=O)c2ccc3c(c2)C(=O)N(c2ccc(F)cc2)C3=O)cc1. The van der Waals surface area contributed by atoms with Crippen molar-refractivity contribution in [1.82, 2.24) is 10.9 Å². The van der Waals surface area contributed by atoms with Gasteiger partial charge in [0.2, 0.25) is 0 Å². The van der Waals surface area contributed by atoms with Crippen molar-refractivity contribution in [2.45, 2.75) is 6.92 Å². The molecule has 0 unspecified atom stereocenters. The van der Waals surface area contributed by atoms with Gasteiger partial charge in [-0.1, -0.05) is 17.7 Å². The number of anilines is 1. The summed E-state index contributed by atoms with van der Waals surface area (Å²) in [4.78, 5) is 62.6. The quantitative estimate of drug-likeness (QED) is 0.332. The summed E-state index contributed by atoms with van der Waals surface area (Å²) in [5, 5.41) is 0. The van der Waals surface area contributed by atoms with E-state index in [4.69, 9.17) is 4.74 Å². The number of carbonyl (C=O) groups is 5. The molecular formula is C25H18FN3O6. The van der Waals surface area contributed by atoms with Crippen molar-refractivity contribution in [1.29, 1.82) is 0 Å². The van der Waals surface area contributed by atoms with Crippen LogP contribution in [0, 0.1) is 12.7 Å². The van der Waals surface area contributed by atoms with Gasteiger partial charge in [-0.2, -0.15) is 0 Å². The molecule has 4 amide bonds. The average molecular weight is 475 g/mol. The van der Waals surface area contributed by atoms with Crippen LogP contribution in [0.1, 0.15) is 47.0 Å². The van der Waals surface area contributed by atoms with Gasteiger partial charge in [0, 0.05) is 5.56 Å². The van der Waals surface area contributed by atoms with Crippen LogP contribution in [0.3, 0.4) is 0 Å². The molecule has 1 aliphatic heterocycles. The normalized spacial score (nSPS) is 12.2. The lowest BCUT2D eigenvalue weighted by Crippen LogP contribution is -2.43. The van der Waals surface area contributed by atoms with Gasteiger partial charge in [0.25, 0.3) is 23.6 Å². The largest absolute Gasteiger partial charge is 0.452 e. The van der Waals surface area contributed by atoms with Crippen LogP contribution in [0.5, 0.6) is 0 Å². The van der Waals surface area contributed by atoms with Gasteiger partial charge in [-0.3, -0.25) is 30.0 Å². The van der Waals surface area contributed by atoms with Gasteiger partial charge in [0.05, 0.1) is 22.4 Å². The summed E-state index contributed by atoms with van der Waals surface area (Å²) in [5.41, 5.74) is 5.83. The number of imide groups is 1. The van der Waals surface area contributed by atoms with E-state index >= 15 is 0 Å². The van der Waals surface area contributed by atoms with Crippen LogP contribution in [-0.4, -0.2) is 36.2 Å². The molecule has 0 atom stereocenters. The van der Waals surface area contributed by atoms with Crippen LogP contribution in [-0.2, 0) is 9.53 Å². The molecule has 35 heavy (non-hydrogen) atoms. The molecule has 3 aromatic rings. The maximum Gasteiger partial charge on any atom is 0.338 e. The lowest BCUT2D eigenvalue weighted by atomic mass is 10.1. The molecule has 3 aromatic carbocycles. The third-order valence-electron chi connectivity index (χ3n) is 5.17. The Morgan fingerprint density at radius 3 is 2.14 bits per heavy atom. The number of halogens is 1. The van der Waals surface area contributed by atoms with E-state index in [2.05, 4.69) is 10.9 Å². The molecule has 0 radical (unpaired) electrons. The maximum atomic E-state index is 13.2. The van der Waals surface area contributed by atoms with Crippen LogP contribution < -0.4 is 15.8 Å². The van der Waals surface area contributed by atoms with Crippen LogP contribution >= 0.6 is 0 Å². The van der Waals surface area contributed by atoms with Crippen molar-refractivity contribution in [2.24, 2.45) is 0 Å². The van der Waals surface area contributed by atoms with E-state index in [0.29, 0.717) is 5.56 Å². The molecule has 2 N–H and O–H groups in total. The second kappa shape index (κ2) is 9.56. The van der Waals surface area contributed by atoms with E-state index in [1.165, 1.54) is 30.3 Å². The number of rotatable bonds is 5. The van der Waals surface area contributed by atoms with Crippen molar-refractivity contribution >= 4 is 35.3 Å². The fourth-order valence-corrected chi connectivity index (χ4v) is 3.35. The first-order valence-corrected chi connectivity index (χ1v) is 10.4. The highest BCUT2D eigenvalue weighted by Gasteiger charge is 2.37. The van der Waals surface area contributed by atoms with Gasteiger partial charge < -0.3 is 4.74 Å². The highest BCUT2D eigenvalue weighted by Crippen LogP contribution is 2.29. The first kappa shape index (κ1) is 23.3. The van der Waals surface area contributed by atoms with E-state index in [-0.39, 0.29) is 22.4 Å². The average Bonchev–Trinajstić information content (AvgIpc) is 3.11. The molecule has 0 fully saturated rings. The molecule has 0 aliphatic carbocycles. The predicted octanol–water partition coefficient (Wildman–Crippen LogP) is 2.55. The Bertz CT molecular complexity index is 1350. The zero-order chi connectivity index (χ0) is 25.1. The maximum absolute atomic E-state index is 13.2. The van der Waals surface area contributed by atoms with Crippen LogP contribution in [0.25, 0.3) is 0 Å². The van der Waals surface area contributed by atoms with Gasteiger partial charge in [0.1, 0.15) is 5.82 Å². The number of hydrogen-bond acceptors (Lipinski definition) is 6. The summed E-state index contributed by atoms with van der Waals surface area (Å²) in [6.45, 7) is 1.17. The lowest BCUT2D eigenvalue weighted by molar-refractivity contribution is -0.125. The molecule has 0 aromatic heterocycles. The van der Waals surface area contributed by atoms with Crippen molar-refractivity contribution in [3.63, 3.8) is 0 Å². The fourth-order valence-electron chi connectivity index (χ4n) is 3.35. The first-order valence-electron chi connectivity index (χ1n) is 10.4. The van der Waals surface area contributed by atoms with E-state index in [1.807, 2.05) is 6.92 Å². The Kier molecular flexibility index (Phi) is 6.36. The summed E-state index contributed by atoms with van der Waals surface area (Å²) in [5.74, 6) is -4.05. The molecule has 0 saturated heterocycles. The number of fused-ring (bicyclic) bond motifs is 1. The van der Waals surface area contributed by atoms with Crippen molar-refractivity contribution < 1.29 is 33.1 Å². The Morgan fingerprint density at radius 1 is 0.829 bits per heavy atom. The zero-order valence-corrected chi connectivity index (χ0v) is 18.3. The van der Waals surface area contributed by atoms with E-state index < -0.39 is 42.0 Å². The van der Waals surface area contributed by atoms with E-state index in [0.717, 1.165) is 22.6 Å². The third kappa shape index (κ3) is 4.91. The zero-order valence-electron chi connectivity index (χ0n) is 18.3. The second-order valence-corrected chi connectivity index (χ2v) is 7.63. The van der Waals surface area contributed by atoms with Crippen molar-refractivity contribution in [2.75, 3.05) is 11.5 Å². The van der Waals surface area contributed by atoms with Crippen LogP contribution in [0.15, 0.2) is 66.7 Å². The fraction of sp³-hybridized carbons (Fsp3) is 0.0800. The Morgan fingerprint density at radius 2 is 1.46 bits per heavy atom. The smallest absolute Gasteiger partial charge is 0.338 e. The second-order valence-electron chi connectivity index (χ2n) is 7.63. The monoisotopic (exact) mass is 475 g/mol. The number of benzene rings is 3. The number of nitrogens with zero attached hydrogens (tertiary/aromatic N) is 1. The Balaban J connectivity index is 1.35. The summed E-state index contributed by atoms with van der Waals surface area (Å²) >= 11 is 0. The lowest BCUT2D eigenvalue weighted by Gasteiger charge is -2.13.